The van der Waals surface area contributed by atoms with Crippen LogP contribution < -0.4 is 5.32 Å². The minimum atomic E-state index is -0.202. The van der Waals surface area contributed by atoms with Crippen LogP contribution in [0.5, 0.6) is 0 Å². The zero-order chi connectivity index (χ0) is 12.2. The van der Waals surface area contributed by atoms with Crippen LogP contribution in [0.3, 0.4) is 0 Å². The number of alkyl halides is 1. The Hall–Kier alpha value is -0.910. The normalized spacial score (nSPS) is 13.5. The molecule has 0 saturated carbocycles. The fraction of sp³-hybridized carbons (Fsp3) is 0.700. The van der Waals surface area contributed by atoms with Gasteiger partial charge >= 0.3 is 0 Å². The van der Waals surface area contributed by atoms with Crippen molar-refractivity contribution in [1.82, 2.24) is 20.7 Å². The van der Waals surface area contributed by atoms with E-state index in [-0.39, 0.29) is 16.1 Å². The van der Waals surface area contributed by atoms with Crippen molar-refractivity contribution in [3.63, 3.8) is 0 Å². The molecule has 0 spiro atoms. The summed E-state index contributed by atoms with van der Waals surface area (Å²) in [6, 6.07) is 0. The number of carbonyl (C=O) groups excluding carboxylic acids is 1. The number of carbonyl (C=O) groups is 1. The second-order valence-corrected chi connectivity index (χ2v) is 6.22. The number of nitrogens with one attached hydrogen (secondary N) is 2. The monoisotopic (exact) mass is 288 g/mol. The van der Waals surface area contributed by atoms with Gasteiger partial charge < -0.3 is 5.32 Å². The number of hydrogen-bond acceptors (Lipinski definition) is 3. The van der Waals surface area contributed by atoms with Crippen molar-refractivity contribution >= 4 is 21.8 Å². The second kappa shape index (κ2) is 5.43. The maximum Gasteiger partial charge on any atom is 0.273 e. The number of rotatable bonds is 4. The molecule has 2 N–H and O–H groups in total. The van der Waals surface area contributed by atoms with Gasteiger partial charge in [0.25, 0.3) is 5.91 Å². The molecule has 1 atom stereocenters. The fourth-order valence-corrected chi connectivity index (χ4v) is 2.47. The van der Waals surface area contributed by atoms with Crippen molar-refractivity contribution in [3.8, 4) is 0 Å². The van der Waals surface area contributed by atoms with E-state index in [1.54, 1.807) is 0 Å². The lowest BCUT2D eigenvalue weighted by molar-refractivity contribution is 0.0947. The number of aromatic amines is 1. The zero-order valence-electron chi connectivity index (χ0n) is 9.75. The van der Waals surface area contributed by atoms with E-state index in [1.807, 2.05) is 0 Å². The number of H-pyrrole nitrogens is 1. The molecular weight excluding hydrogens is 272 g/mol. The van der Waals surface area contributed by atoms with E-state index in [2.05, 4.69) is 57.4 Å². The van der Waals surface area contributed by atoms with E-state index in [4.69, 9.17) is 0 Å². The van der Waals surface area contributed by atoms with Crippen LogP contribution in [0.4, 0.5) is 0 Å². The first kappa shape index (κ1) is 13.2. The highest BCUT2D eigenvalue weighted by molar-refractivity contribution is 9.09. The molecule has 0 aliphatic rings. The third-order valence-corrected chi connectivity index (χ3v) is 2.61. The van der Waals surface area contributed by atoms with Crippen LogP contribution in [-0.4, -0.2) is 32.7 Å². The summed E-state index contributed by atoms with van der Waals surface area (Å²) in [5.41, 5.74) is 0.558. The Bertz CT molecular complexity index is 331. The summed E-state index contributed by atoms with van der Waals surface area (Å²) in [5, 5.41) is 12.5. The quantitative estimate of drug-likeness (QED) is 0.829. The first-order valence-corrected chi connectivity index (χ1v) is 6.08. The van der Waals surface area contributed by atoms with E-state index in [1.165, 1.54) is 6.20 Å². The summed E-state index contributed by atoms with van der Waals surface area (Å²) < 4.78 is 0. The van der Waals surface area contributed by atoms with E-state index in [0.717, 1.165) is 6.42 Å². The van der Waals surface area contributed by atoms with Gasteiger partial charge in [0.05, 0.1) is 6.20 Å². The van der Waals surface area contributed by atoms with Gasteiger partial charge in [-0.05, 0) is 11.8 Å². The molecule has 6 heteroatoms. The molecule has 1 unspecified atom stereocenters. The lowest BCUT2D eigenvalue weighted by Crippen LogP contribution is -2.31. The lowest BCUT2D eigenvalue weighted by Gasteiger charge is -2.22. The Morgan fingerprint density at radius 1 is 1.62 bits per heavy atom. The van der Waals surface area contributed by atoms with Crippen LogP contribution in [0.25, 0.3) is 0 Å². The predicted molar refractivity (Wildman–Crippen MR) is 65.5 cm³/mol. The summed E-state index contributed by atoms with van der Waals surface area (Å²) in [4.78, 5) is 11.8. The summed E-state index contributed by atoms with van der Waals surface area (Å²) in [5.74, 6) is -0.202. The molecular formula is C10H17BrN4O. The van der Waals surface area contributed by atoms with Gasteiger partial charge in [-0.25, -0.2) is 0 Å². The van der Waals surface area contributed by atoms with E-state index < -0.39 is 0 Å². The predicted octanol–water partition coefficient (Wildman–Crippen LogP) is 1.73. The van der Waals surface area contributed by atoms with Crippen LogP contribution in [0.1, 0.15) is 37.7 Å². The van der Waals surface area contributed by atoms with Crippen molar-refractivity contribution in [2.75, 3.05) is 6.54 Å². The number of hydrogen-bond donors (Lipinski definition) is 2. The molecule has 5 nitrogen and oxygen atoms in total. The van der Waals surface area contributed by atoms with Crippen molar-refractivity contribution in [2.24, 2.45) is 5.41 Å². The first-order valence-electron chi connectivity index (χ1n) is 5.16. The third kappa shape index (κ3) is 4.74. The number of halogens is 1. The van der Waals surface area contributed by atoms with Crippen LogP contribution in [-0.2, 0) is 0 Å². The molecule has 1 amide bonds. The van der Waals surface area contributed by atoms with Crippen molar-refractivity contribution in [1.29, 1.82) is 0 Å². The van der Waals surface area contributed by atoms with Gasteiger partial charge in [-0.1, -0.05) is 36.7 Å². The maximum atomic E-state index is 11.5. The molecule has 0 fully saturated rings. The van der Waals surface area contributed by atoms with E-state index in [0.29, 0.717) is 12.2 Å². The molecule has 1 heterocycles. The molecule has 16 heavy (non-hydrogen) atoms. The van der Waals surface area contributed by atoms with Gasteiger partial charge in [-0.2, -0.15) is 15.4 Å². The molecule has 0 bridgehead atoms. The van der Waals surface area contributed by atoms with Gasteiger partial charge in [0, 0.05) is 11.4 Å². The molecule has 1 aromatic rings. The van der Waals surface area contributed by atoms with Crippen LogP contribution >= 0.6 is 15.9 Å². The molecule has 0 saturated heterocycles. The molecule has 1 aromatic heterocycles. The minimum Gasteiger partial charge on any atom is -0.349 e. The average molecular weight is 289 g/mol. The Morgan fingerprint density at radius 3 is 2.81 bits per heavy atom. The summed E-state index contributed by atoms with van der Waals surface area (Å²) in [6.45, 7) is 7.09. The van der Waals surface area contributed by atoms with Crippen LogP contribution in [0, 0.1) is 5.41 Å². The number of amides is 1. The van der Waals surface area contributed by atoms with Gasteiger partial charge in [0.15, 0.2) is 5.69 Å². The van der Waals surface area contributed by atoms with Crippen molar-refractivity contribution in [3.05, 3.63) is 11.9 Å². The molecule has 90 valence electrons. The minimum absolute atomic E-state index is 0.202. The van der Waals surface area contributed by atoms with Gasteiger partial charge in [-0.3, -0.25) is 4.79 Å². The van der Waals surface area contributed by atoms with E-state index >= 15 is 0 Å². The highest BCUT2D eigenvalue weighted by Crippen LogP contribution is 2.24. The molecule has 1 rings (SSSR count). The smallest absolute Gasteiger partial charge is 0.273 e. The molecule has 0 aromatic carbocycles. The summed E-state index contributed by atoms with van der Waals surface area (Å²) in [6.07, 6.45) is 2.40. The molecule has 0 radical (unpaired) electrons. The van der Waals surface area contributed by atoms with Crippen molar-refractivity contribution in [2.45, 2.75) is 32.0 Å². The first-order chi connectivity index (χ1) is 7.38. The SMILES string of the molecule is CC(C)(C)CC(Br)CNC(=O)c1cn[nH]n1. The topological polar surface area (TPSA) is 70.7 Å². The fourth-order valence-electron chi connectivity index (χ4n) is 1.34. The highest BCUT2D eigenvalue weighted by Gasteiger charge is 2.17. The Morgan fingerprint density at radius 2 is 2.31 bits per heavy atom. The van der Waals surface area contributed by atoms with Gasteiger partial charge in [0.2, 0.25) is 0 Å². The van der Waals surface area contributed by atoms with Crippen LogP contribution in [0.15, 0.2) is 6.20 Å². The standard InChI is InChI=1S/C10H17BrN4O/c1-10(2,3)4-7(11)5-12-9(16)8-6-13-15-14-8/h6-7H,4-5H2,1-3H3,(H,12,16)(H,13,14,15). The Balaban J connectivity index is 2.32. The van der Waals surface area contributed by atoms with E-state index in [9.17, 15) is 4.79 Å². The highest BCUT2D eigenvalue weighted by atomic mass is 79.9. The third-order valence-electron chi connectivity index (χ3n) is 1.97. The number of aromatic nitrogens is 3. The van der Waals surface area contributed by atoms with Crippen molar-refractivity contribution < 1.29 is 4.79 Å². The molecule has 0 aliphatic carbocycles. The second-order valence-electron chi connectivity index (χ2n) is 4.93. The van der Waals surface area contributed by atoms with Gasteiger partial charge in [0.1, 0.15) is 0 Å². The maximum absolute atomic E-state index is 11.5. The average Bonchev–Trinajstić information content (AvgIpc) is 2.64. The largest absolute Gasteiger partial charge is 0.349 e. The Kier molecular flexibility index (Phi) is 4.46. The molecule has 0 aliphatic heterocycles. The Labute approximate surface area is 104 Å². The van der Waals surface area contributed by atoms with Crippen LogP contribution in [0.2, 0.25) is 0 Å². The van der Waals surface area contributed by atoms with Gasteiger partial charge in [-0.15, -0.1) is 0 Å². The summed E-state index contributed by atoms with van der Waals surface area (Å²) in [7, 11) is 0. The lowest BCUT2D eigenvalue weighted by atomic mass is 9.90. The zero-order valence-corrected chi connectivity index (χ0v) is 11.3. The summed E-state index contributed by atoms with van der Waals surface area (Å²) >= 11 is 3.55. The number of nitrogens with zero attached hydrogens (tertiary/aromatic N) is 2.